The monoisotopic (exact) mass is 629 g/mol. The van der Waals surface area contributed by atoms with Crippen LogP contribution in [0, 0.1) is 0 Å². The summed E-state index contributed by atoms with van der Waals surface area (Å²) in [4.78, 5) is 10.4. The molecule has 0 radical (unpaired) electrons. The van der Waals surface area contributed by atoms with Crippen molar-refractivity contribution in [3.05, 3.63) is 180 Å². The van der Waals surface area contributed by atoms with Gasteiger partial charge in [0.05, 0.1) is 6.54 Å². The molecule has 0 unspecified atom stereocenters. The van der Waals surface area contributed by atoms with Gasteiger partial charge in [0.25, 0.3) is 0 Å². The molecule has 0 aliphatic rings. The summed E-state index contributed by atoms with van der Waals surface area (Å²) >= 11 is 0. The summed E-state index contributed by atoms with van der Waals surface area (Å²) in [7, 11) is 0. The highest BCUT2D eigenvalue weighted by atomic mass is 16.3. The van der Waals surface area contributed by atoms with E-state index in [0.29, 0.717) is 18.2 Å². The number of hydrogen-bond donors (Lipinski definition) is 1. The second kappa shape index (κ2) is 11.9. The van der Waals surface area contributed by atoms with Crippen LogP contribution in [0.5, 0.6) is 0 Å². The van der Waals surface area contributed by atoms with E-state index in [0.717, 1.165) is 60.5 Å². The highest BCUT2D eigenvalue weighted by Crippen LogP contribution is 2.35. The molecule has 0 saturated heterocycles. The van der Waals surface area contributed by atoms with Crippen LogP contribution in [0.25, 0.3) is 65.4 Å². The van der Waals surface area contributed by atoms with Gasteiger partial charge in [-0.05, 0) is 79.3 Å². The number of amidine groups is 2. The minimum atomic E-state index is 0.379. The van der Waals surface area contributed by atoms with Crippen LogP contribution in [0.3, 0.4) is 0 Å². The van der Waals surface area contributed by atoms with Crippen molar-refractivity contribution in [1.29, 1.82) is 0 Å². The lowest BCUT2D eigenvalue weighted by Crippen LogP contribution is -2.17. The topological polar surface area (TPSA) is 63.9 Å². The van der Waals surface area contributed by atoms with E-state index in [2.05, 4.69) is 127 Å². The third kappa shape index (κ3) is 5.20. The van der Waals surface area contributed by atoms with Gasteiger partial charge in [-0.2, -0.15) is 0 Å². The fraction of sp³-hybridized carbons (Fsp3) is 0.0222. The molecule has 0 spiro atoms. The Morgan fingerprint density at radius 3 is 2.02 bits per heavy atom. The van der Waals surface area contributed by atoms with Crippen molar-refractivity contribution in [3.63, 3.8) is 0 Å². The lowest BCUT2D eigenvalue weighted by molar-refractivity contribution is 0.669. The number of furan rings is 1. The summed E-state index contributed by atoms with van der Waals surface area (Å²) in [5.41, 5.74) is 13.6. The van der Waals surface area contributed by atoms with E-state index in [-0.39, 0.29) is 0 Å². The Morgan fingerprint density at radius 2 is 1.18 bits per heavy atom. The van der Waals surface area contributed by atoms with Crippen molar-refractivity contribution in [2.45, 2.75) is 6.54 Å². The van der Waals surface area contributed by atoms with Crippen molar-refractivity contribution < 1.29 is 4.42 Å². The molecular formula is C45H31N3O. The first-order valence-corrected chi connectivity index (χ1v) is 16.5. The fourth-order valence-electron chi connectivity index (χ4n) is 6.97. The molecule has 4 heteroatoms. The minimum absolute atomic E-state index is 0.379. The third-order valence-electron chi connectivity index (χ3n) is 9.35. The molecule has 1 aromatic heterocycles. The number of para-hydroxylation sites is 1. The number of fused-ring (bicyclic) bond motifs is 7. The van der Waals surface area contributed by atoms with E-state index >= 15 is 0 Å². The molecule has 0 fully saturated rings. The van der Waals surface area contributed by atoms with Gasteiger partial charge in [0, 0.05) is 21.9 Å². The van der Waals surface area contributed by atoms with Crippen molar-refractivity contribution in [3.8, 4) is 11.1 Å². The van der Waals surface area contributed by atoms with Crippen LogP contribution < -0.4 is 5.73 Å². The molecule has 0 saturated carbocycles. The first kappa shape index (κ1) is 28.7. The second-order valence-electron chi connectivity index (χ2n) is 12.4. The maximum atomic E-state index is 7.07. The molecule has 49 heavy (non-hydrogen) atoms. The average molecular weight is 630 g/mol. The first-order valence-electron chi connectivity index (χ1n) is 16.5. The van der Waals surface area contributed by atoms with Gasteiger partial charge in [0.1, 0.15) is 17.0 Å². The number of nitrogens with two attached hydrogens (primary N) is 1. The van der Waals surface area contributed by atoms with E-state index in [1.807, 2.05) is 36.4 Å². The molecule has 2 N–H and O–H groups in total. The molecule has 0 amide bonds. The first-order chi connectivity index (χ1) is 24.2. The van der Waals surface area contributed by atoms with Gasteiger partial charge in [0.15, 0.2) is 5.84 Å². The zero-order valence-electron chi connectivity index (χ0n) is 26.7. The highest BCUT2D eigenvalue weighted by Gasteiger charge is 2.17. The van der Waals surface area contributed by atoms with Gasteiger partial charge in [-0.25, -0.2) is 4.99 Å². The van der Waals surface area contributed by atoms with Gasteiger partial charge < -0.3 is 10.2 Å². The Kier molecular flexibility index (Phi) is 6.98. The number of aliphatic imine (C=N–C) groups is 2. The molecule has 4 nitrogen and oxygen atoms in total. The summed E-state index contributed by atoms with van der Waals surface area (Å²) in [6.07, 6.45) is 0. The molecule has 0 bridgehead atoms. The van der Waals surface area contributed by atoms with Crippen LogP contribution in [0.1, 0.15) is 16.7 Å². The Bertz CT molecular complexity index is 2760. The summed E-state index contributed by atoms with van der Waals surface area (Å²) in [6, 6.07) is 56.6. The quantitative estimate of drug-likeness (QED) is 0.117. The lowest BCUT2D eigenvalue weighted by atomic mass is 9.97. The Labute approximate surface area is 283 Å². The van der Waals surface area contributed by atoms with Crippen molar-refractivity contribution in [1.82, 2.24) is 0 Å². The lowest BCUT2D eigenvalue weighted by Gasteiger charge is -2.11. The van der Waals surface area contributed by atoms with Crippen LogP contribution in [-0.2, 0) is 6.54 Å². The van der Waals surface area contributed by atoms with Gasteiger partial charge in [-0.15, -0.1) is 0 Å². The standard InChI is InChI=1S/C45H31N3O/c46-44(40-26-34(29-12-2-1-3-13-29)27-42-43(40)39-20-10-11-21-41(39)49-42)48-45(33-23-22-30-14-4-5-15-31(30)24-33)47-28-35-25-32-16-6-7-17-36(32)38-19-9-8-18-37(35)38/h1-27H,28H2,(H2,46,47,48). The minimum Gasteiger partial charge on any atom is -0.456 e. The van der Waals surface area contributed by atoms with E-state index < -0.39 is 0 Å². The zero-order chi connectivity index (χ0) is 32.7. The smallest absolute Gasteiger partial charge is 0.157 e. The molecule has 0 atom stereocenters. The van der Waals surface area contributed by atoms with E-state index in [9.17, 15) is 0 Å². The van der Waals surface area contributed by atoms with Crippen LogP contribution in [0.2, 0.25) is 0 Å². The summed E-state index contributed by atoms with van der Waals surface area (Å²) in [5.74, 6) is 0.955. The molecular weight excluding hydrogens is 599 g/mol. The Morgan fingerprint density at radius 1 is 0.510 bits per heavy atom. The summed E-state index contributed by atoms with van der Waals surface area (Å²) in [5, 5.41) is 9.03. The predicted octanol–water partition coefficient (Wildman–Crippen LogP) is 11.1. The highest BCUT2D eigenvalue weighted by molar-refractivity contribution is 6.21. The Hall–Kier alpha value is -6.52. The van der Waals surface area contributed by atoms with Crippen molar-refractivity contribution >= 4 is 65.9 Å². The van der Waals surface area contributed by atoms with Crippen LogP contribution >= 0.6 is 0 Å². The maximum absolute atomic E-state index is 7.07. The normalized spacial score (nSPS) is 12.5. The SMILES string of the molecule is N/C(=N\C(=N/Cc1cc2ccccc2c2ccccc12)c1ccc2ccccc2c1)c1cc(-c2ccccc2)cc2oc3ccccc3c12. The molecule has 8 aromatic carbocycles. The van der Waals surface area contributed by atoms with E-state index in [4.69, 9.17) is 20.1 Å². The number of rotatable bonds is 5. The molecule has 9 rings (SSSR count). The van der Waals surface area contributed by atoms with Gasteiger partial charge in [0.2, 0.25) is 0 Å². The van der Waals surface area contributed by atoms with Crippen molar-refractivity contribution in [2.75, 3.05) is 0 Å². The largest absolute Gasteiger partial charge is 0.456 e. The number of hydrogen-bond acceptors (Lipinski definition) is 2. The fourth-order valence-corrected chi connectivity index (χ4v) is 6.97. The molecule has 9 aromatic rings. The summed E-state index contributed by atoms with van der Waals surface area (Å²) in [6.45, 7) is 0.443. The van der Waals surface area contributed by atoms with Crippen molar-refractivity contribution in [2.24, 2.45) is 15.7 Å². The number of benzene rings is 8. The molecule has 232 valence electrons. The molecule has 1 heterocycles. The van der Waals surface area contributed by atoms with Crippen LogP contribution in [0.15, 0.2) is 178 Å². The third-order valence-corrected chi connectivity index (χ3v) is 9.35. The van der Waals surface area contributed by atoms with Gasteiger partial charge >= 0.3 is 0 Å². The van der Waals surface area contributed by atoms with Gasteiger partial charge in [-0.3, -0.25) is 4.99 Å². The summed E-state index contributed by atoms with van der Waals surface area (Å²) < 4.78 is 6.38. The molecule has 0 aliphatic heterocycles. The Balaban J connectivity index is 1.25. The zero-order valence-corrected chi connectivity index (χ0v) is 26.7. The maximum Gasteiger partial charge on any atom is 0.157 e. The van der Waals surface area contributed by atoms with Gasteiger partial charge in [-0.1, -0.05) is 133 Å². The number of nitrogens with zero attached hydrogens (tertiary/aromatic N) is 2. The average Bonchev–Trinajstić information content (AvgIpc) is 3.55. The predicted molar refractivity (Wildman–Crippen MR) is 206 cm³/mol. The molecule has 0 aliphatic carbocycles. The van der Waals surface area contributed by atoms with E-state index in [1.54, 1.807) is 0 Å². The van der Waals surface area contributed by atoms with Crippen LogP contribution in [0.4, 0.5) is 0 Å². The van der Waals surface area contributed by atoms with Crippen LogP contribution in [-0.4, -0.2) is 11.7 Å². The van der Waals surface area contributed by atoms with E-state index in [1.165, 1.54) is 21.5 Å². The second-order valence-corrected chi connectivity index (χ2v) is 12.4.